The zero-order valence-corrected chi connectivity index (χ0v) is 12.8. The second-order valence-electron chi connectivity index (χ2n) is 5.24. The van der Waals surface area contributed by atoms with Gasteiger partial charge in [0.15, 0.2) is 0 Å². The van der Waals surface area contributed by atoms with Crippen molar-refractivity contribution in [1.82, 2.24) is 10.2 Å². The molecule has 1 N–H and O–H groups in total. The zero-order valence-electron chi connectivity index (χ0n) is 11.9. The van der Waals surface area contributed by atoms with Gasteiger partial charge in [-0.3, -0.25) is 14.3 Å². The Morgan fingerprint density at radius 1 is 1.39 bits per heavy atom. The maximum absolute atomic E-state index is 12.3. The Kier molecular flexibility index (Phi) is 6.29. The molecule has 0 radical (unpaired) electrons. The Balaban J connectivity index is 2.59. The molecule has 1 amide bonds. The molecule has 1 heterocycles. The maximum Gasteiger partial charge on any atom is 0.241 e. The van der Waals surface area contributed by atoms with Crippen LogP contribution in [0.2, 0.25) is 0 Å². The van der Waals surface area contributed by atoms with Gasteiger partial charge in [0, 0.05) is 28.9 Å². The highest BCUT2D eigenvalue weighted by Gasteiger charge is 2.37. The molecule has 5 heteroatoms. The summed E-state index contributed by atoms with van der Waals surface area (Å²) in [6, 6.07) is -0.0509. The number of carbonyl (C=O) groups is 1. The van der Waals surface area contributed by atoms with Crippen molar-refractivity contribution in [3.05, 3.63) is 0 Å². The van der Waals surface area contributed by atoms with Gasteiger partial charge in [0.25, 0.3) is 0 Å². The molecule has 0 saturated carbocycles. The third-order valence-electron chi connectivity index (χ3n) is 3.33. The topological polar surface area (TPSA) is 49.4 Å². The number of rotatable bonds is 7. The van der Waals surface area contributed by atoms with Crippen LogP contribution in [0.1, 0.15) is 40.5 Å². The molecule has 0 bridgehead atoms. The molecule has 1 aliphatic heterocycles. The van der Waals surface area contributed by atoms with Gasteiger partial charge >= 0.3 is 0 Å². The van der Waals surface area contributed by atoms with Crippen LogP contribution in [-0.4, -0.2) is 45.3 Å². The van der Waals surface area contributed by atoms with Gasteiger partial charge in [-0.25, -0.2) is 0 Å². The van der Waals surface area contributed by atoms with E-state index in [2.05, 4.69) is 26.1 Å². The Morgan fingerprint density at radius 3 is 2.56 bits per heavy atom. The molecule has 3 atom stereocenters. The fourth-order valence-corrected chi connectivity index (χ4v) is 3.03. The fourth-order valence-electron chi connectivity index (χ4n) is 2.34. The van der Waals surface area contributed by atoms with Crippen LogP contribution in [0.4, 0.5) is 0 Å². The van der Waals surface area contributed by atoms with Crippen LogP contribution in [0.25, 0.3) is 0 Å². The van der Waals surface area contributed by atoms with E-state index in [9.17, 15) is 9.00 Å². The standard InChI is InChI=1S/C13H26N2O2S/c1-5-12-14-11(9-10(3)4)13(16)15(12)7-8-18(17)6-2/h10-12,14H,5-9H2,1-4H3. The van der Waals surface area contributed by atoms with Crippen LogP contribution in [0.15, 0.2) is 0 Å². The van der Waals surface area contributed by atoms with E-state index in [0.29, 0.717) is 24.0 Å². The van der Waals surface area contributed by atoms with Crippen LogP contribution in [0.5, 0.6) is 0 Å². The summed E-state index contributed by atoms with van der Waals surface area (Å²) in [5.41, 5.74) is 0. The second-order valence-corrected chi connectivity index (χ2v) is 7.10. The van der Waals surface area contributed by atoms with E-state index >= 15 is 0 Å². The van der Waals surface area contributed by atoms with Crippen molar-refractivity contribution in [2.24, 2.45) is 5.92 Å². The lowest BCUT2D eigenvalue weighted by Crippen LogP contribution is -2.39. The summed E-state index contributed by atoms with van der Waals surface area (Å²) in [4.78, 5) is 14.2. The molecule has 1 saturated heterocycles. The molecule has 106 valence electrons. The number of nitrogens with one attached hydrogen (secondary N) is 1. The van der Waals surface area contributed by atoms with Gasteiger partial charge < -0.3 is 4.90 Å². The SMILES string of the molecule is CCC1NC(CC(C)C)C(=O)N1CCS(=O)CC. The van der Waals surface area contributed by atoms with Crippen molar-refractivity contribution in [3.8, 4) is 0 Å². The summed E-state index contributed by atoms with van der Waals surface area (Å²) in [5, 5.41) is 3.39. The van der Waals surface area contributed by atoms with E-state index in [1.807, 2.05) is 11.8 Å². The molecular formula is C13H26N2O2S. The van der Waals surface area contributed by atoms with Gasteiger partial charge in [-0.05, 0) is 18.8 Å². The van der Waals surface area contributed by atoms with E-state index in [1.165, 1.54) is 0 Å². The number of hydrogen-bond donors (Lipinski definition) is 1. The van der Waals surface area contributed by atoms with Crippen molar-refractivity contribution in [1.29, 1.82) is 0 Å². The van der Waals surface area contributed by atoms with Gasteiger partial charge in [-0.15, -0.1) is 0 Å². The molecule has 4 nitrogen and oxygen atoms in total. The molecule has 3 unspecified atom stereocenters. The lowest BCUT2D eigenvalue weighted by molar-refractivity contribution is -0.130. The van der Waals surface area contributed by atoms with E-state index in [4.69, 9.17) is 0 Å². The lowest BCUT2D eigenvalue weighted by Gasteiger charge is -2.22. The molecule has 0 aromatic heterocycles. The van der Waals surface area contributed by atoms with Crippen molar-refractivity contribution >= 4 is 16.7 Å². The Hall–Kier alpha value is -0.420. The van der Waals surface area contributed by atoms with E-state index in [-0.39, 0.29) is 18.1 Å². The molecule has 0 spiro atoms. The number of nitrogens with zero attached hydrogens (tertiary/aromatic N) is 1. The first-order chi connectivity index (χ1) is 8.49. The largest absolute Gasteiger partial charge is 0.325 e. The van der Waals surface area contributed by atoms with Crippen molar-refractivity contribution in [3.63, 3.8) is 0 Å². The first kappa shape index (κ1) is 15.6. The Labute approximate surface area is 113 Å². The van der Waals surface area contributed by atoms with Crippen LogP contribution in [-0.2, 0) is 15.6 Å². The monoisotopic (exact) mass is 274 g/mol. The van der Waals surface area contributed by atoms with Gasteiger partial charge in [0.2, 0.25) is 5.91 Å². The average molecular weight is 274 g/mol. The molecular weight excluding hydrogens is 248 g/mol. The predicted molar refractivity (Wildman–Crippen MR) is 75.7 cm³/mol. The molecule has 1 fully saturated rings. The lowest BCUT2D eigenvalue weighted by atomic mass is 10.0. The molecule has 1 aliphatic rings. The minimum atomic E-state index is -0.799. The van der Waals surface area contributed by atoms with Crippen LogP contribution in [0, 0.1) is 5.92 Å². The van der Waals surface area contributed by atoms with Gasteiger partial charge in [0.1, 0.15) is 0 Å². The summed E-state index contributed by atoms with van der Waals surface area (Å²) < 4.78 is 11.5. The molecule has 0 aromatic rings. The van der Waals surface area contributed by atoms with E-state index < -0.39 is 10.8 Å². The molecule has 18 heavy (non-hydrogen) atoms. The average Bonchev–Trinajstić information content (AvgIpc) is 2.62. The van der Waals surface area contributed by atoms with E-state index in [0.717, 1.165) is 12.8 Å². The predicted octanol–water partition coefficient (Wildman–Crippen LogP) is 1.34. The summed E-state index contributed by atoms with van der Waals surface area (Å²) in [5.74, 6) is 1.95. The maximum atomic E-state index is 12.3. The quantitative estimate of drug-likeness (QED) is 0.762. The summed E-state index contributed by atoms with van der Waals surface area (Å²) in [6.45, 7) is 8.86. The number of amides is 1. The van der Waals surface area contributed by atoms with Gasteiger partial charge in [-0.1, -0.05) is 27.7 Å². The molecule has 0 aromatic carbocycles. The van der Waals surface area contributed by atoms with Crippen LogP contribution < -0.4 is 5.32 Å². The fraction of sp³-hybridized carbons (Fsp3) is 0.923. The highest BCUT2D eigenvalue weighted by atomic mass is 32.2. The normalized spacial score (nSPS) is 26.1. The summed E-state index contributed by atoms with van der Waals surface area (Å²) in [7, 11) is -0.799. The van der Waals surface area contributed by atoms with Crippen molar-refractivity contribution in [2.75, 3.05) is 18.1 Å². The highest BCUT2D eigenvalue weighted by Crippen LogP contribution is 2.18. The minimum Gasteiger partial charge on any atom is -0.325 e. The summed E-state index contributed by atoms with van der Waals surface area (Å²) >= 11 is 0. The van der Waals surface area contributed by atoms with Crippen molar-refractivity contribution in [2.45, 2.75) is 52.7 Å². The second kappa shape index (κ2) is 7.24. The third kappa shape index (κ3) is 4.05. The molecule has 0 aliphatic carbocycles. The Morgan fingerprint density at radius 2 is 2.06 bits per heavy atom. The third-order valence-corrected chi connectivity index (χ3v) is 4.61. The van der Waals surface area contributed by atoms with E-state index in [1.54, 1.807) is 0 Å². The smallest absolute Gasteiger partial charge is 0.241 e. The van der Waals surface area contributed by atoms with Crippen molar-refractivity contribution < 1.29 is 9.00 Å². The first-order valence-electron chi connectivity index (χ1n) is 6.91. The van der Waals surface area contributed by atoms with Crippen LogP contribution in [0.3, 0.4) is 0 Å². The van der Waals surface area contributed by atoms with Gasteiger partial charge in [0.05, 0.1) is 12.2 Å². The zero-order chi connectivity index (χ0) is 13.7. The number of carbonyl (C=O) groups excluding carboxylic acids is 1. The van der Waals surface area contributed by atoms with Crippen LogP contribution >= 0.6 is 0 Å². The first-order valence-corrected chi connectivity index (χ1v) is 8.39. The number of hydrogen-bond acceptors (Lipinski definition) is 3. The molecule has 1 rings (SSSR count). The highest BCUT2D eigenvalue weighted by molar-refractivity contribution is 7.84. The Bertz CT molecular complexity index is 307. The van der Waals surface area contributed by atoms with Gasteiger partial charge in [-0.2, -0.15) is 0 Å². The minimum absolute atomic E-state index is 0.0509. The summed E-state index contributed by atoms with van der Waals surface area (Å²) in [6.07, 6.45) is 1.90.